The molecular weight excluding hydrogens is 450 g/mol. The zero-order valence-electron chi connectivity index (χ0n) is 19.9. The third-order valence-electron chi connectivity index (χ3n) is 6.86. The standard InChI is InChI=1S/C26H33N3O4S/c1-19-12-16-28(17-13-19)26(31)22-8-4-5-9-23(22)27-25(30)21-11-10-20(2)24(18-21)34(32,33)29-14-6-3-7-15-29/h4-5,8-11,18-19H,3,6-7,12-17H2,1-2H3,(H,27,30). The Kier molecular flexibility index (Phi) is 7.38. The van der Waals surface area contributed by atoms with Crippen molar-refractivity contribution in [1.29, 1.82) is 0 Å². The van der Waals surface area contributed by atoms with E-state index in [0.717, 1.165) is 32.1 Å². The quantitative estimate of drug-likeness (QED) is 0.687. The van der Waals surface area contributed by atoms with Gasteiger partial charge in [-0.2, -0.15) is 4.31 Å². The lowest BCUT2D eigenvalue weighted by Crippen LogP contribution is -2.38. The van der Waals surface area contributed by atoms with Crippen LogP contribution >= 0.6 is 0 Å². The maximum Gasteiger partial charge on any atom is 0.255 e. The summed E-state index contributed by atoms with van der Waals surface area (Å²) < 4.78 is 28.0. The van der Waals surface area contributed by atoms with Crippen LogP contribution in [0.4, 0.5) is 5.69 Å². The largest absolute Gasteiger partial charge is 0.339 e. The molecule has 2 saturated heterocycles. The van der Waals surface area contributed by atoms with Gasteiger partial charge in [-0.25, -0.2) is 8.42 Å². The summed E-state index contributed by atoms with van der Waals surface area (Å²) in [5, 5.41) is 2.84. The molecule has 1 N–H and O–H groups in total. The molecular formula is C26H33N3O4S. The van der Waals surface area contributed by atoms with E-state index in [4.69, 9.17) is 0 Å². The minimum atomic E-state index is -3.67. The van der Waals surface area contributed by atoms with Crippen molar-refractivity contribution in [2.45, 2.75) is 50.8 Å². The lowest BCUT2D eigenvalue weighted by molar-refractivity contribution is 0.0698. The average Bonchev–Trinajstić information content (AvgIpc) is 2.85. The highest BCUT2D eigenvalue weighted by Crippen LogP contribution is 2.26. The van der Waals surface area contributed by atoms with E-state index >= 15 is 0 Å². The van der Waals surface area contributed by atoms with Crippen LogP contribution < -0.4 is 5.32 Å². The number of carbonyl (C=O) groups excluding carboxylic acids is 2. The molecule has 0 bridgehead atoms. The maximum absolute atomic E-state index is 13.2. The van der Waals surface area contributed by atoms with Gasteiger partial charge in [-0.1, -0.05) is 31.5 Å². The van der Waals surface area contributed by atoms with Gasteiger partial charge < -0.3 is 10.2 Å². The van der Waals surface area contributed by atoms with Crippen LogP contribution in [0.3, 0.4) is 0 Å². The van der Waals surface area contributed by atoms with E-state index in [0.29, 0.717) is 48.9 Å². The fourth-order valence-electron chi connectivity index (χ4n) is 4.62. The van der Waals surface area contributed by atoms with Gasteiger partial charge >= 0.3 is 0 Å². The summed E-state index contributed by atoms with van der Waals surface area (Å²) >= 11 is 0. The van der Waals surface area contributed by atoms with Crippen molar-refractivity contribution in [2.75, 3.05) is 31.5 Å². The molecule has 0 atom stereocenters. The molecule has 2 aromatic carbocycles. The maximum atomic E-state index is 13.2. The Morgan fingerprint density at radius 1 is 0.941 bits per heavy atom. The summed E-state index contributed by atoms with van der Waals surface area (Å²) in [5.41, 5.74) is 1.73. The van der Waals surface area contributed by atoms with E-state index in [1.54, 1.807) is 43.3 Å². The molecule has 2 aromatic rings. The highest BCUT2D eigenvalue weighted by atomic mass is 32.2. The molecule has 4 rings (SSSR count). The molecule has 34 heavy (non-hydrogen) atoms. The molecule has 182 valence electrons. The second-order valence-corrected chi connectivity index (χ2v) is 11.3. The first-order valence-corrected chi connectivity index (χ1v) is 13.5. The van der Waals surface area contributed by atoms with Crippen molar-refractivity contribution in [3.8, 4) is 0 Å². The molecule has 0 aliphatic carbocycles. The Morgan fingerprint density at radius 3 is 2.32 bits per heavy atom. The first-order valence-electron chi connectivity index (χ1n) is 12.1. The van der Waals surface area contributed by atoms with Crippen LogP contribution in [0.15, 0.2) is 47.4 Å². The molecule has 0 radical (unpaired) electrons. The van der Waals surface area contributed by atoms with Crippen LogP contribution in [0.1, 0.15) is 65.3 Å². The van der Waals surface area contributed by atoms with Crippen LogP contribution in [0.2, 0.25) is 0 Å². The predicted octanol–water partition coefficient (Wildman–Crippen LogP) is 4.29. The van der Waals surface area contributed by atoms with E-state index in [-0.39, 0.29) is 16.4 Å². The number of likely N-dealkylation sites (tertiary alicyclic amines) is 1. The number of anilines is 1. The average molecular weight is 484 g/mol. The number of para-hydroxylation sites is 1. The first kappa shape index (κ1) is 24.4. The van der Waals surface area contributed by atoms with Gasteiger partial charge in [0.05, 0.1) is 16.1 Å². The molecule has 2 fully saturated rings. The van der Waals surface area contributed by atoms with Crippen LogP contribution in [0, 0.1) is 12.8 Å². The number of hydrogen-bond donors (Lipinski definition) is 1. The summed E-state index contributed by atoms with van der Waals surface area (Å²) in [6.07, 6.45) is 4.66. The predicted molar refractivity (Wildman–Crippen MR) is 132 cm³/mol. The van der Waals surface area contributed by atoms with E-state index in [1.807, 2.05) is 4.90 Å². The number of amides is 2. The molecule has 2 amide bonds. The number of nitrogens with zero attached hydrogens (tertiary/aromatic N) is 2. The number of carbonyl (C=O) groups is 2. The monoisotopic (exact) mass is 483 g/mol. The number of sulfonamides is 1. The summed E-state index contributed by atoms with van der Waals surface area (Å²) in [7, 11) is -3.67. The van der Waals surface area contributed by atoms with Crippen LogP contribution in [0.25, 0.3) is 0 Å². The van der Waals surface area contributed by atoms with Gasteiger partial charge in [-0.05, 0) is 68.4 Å². The number of piperidine rings is 2. The number of rotatable bonds is 5. The Labute approximate surface area is 202 Å². The Bertz CT molecular complexity index is 1160. The van der Waals surface area contributed by atoms with Crippen molar-refractivity contribution in [3.63, 3.8) is 0 Å². The van der Waals surface area contributed by atoms with E-state index in [9.17, 15) is 18.0 Å². The highest BCUT2D eigenvalue weighted by Gasteiger charge is 2.28. The molecule has 2 heterocycles. The number of nitrogens with one attached hydrogen (secondary N) is 1. The van der Waals surface area contributed by atoms with Gasteiger partial charge in [-0.3, -0.25) is 9.59 Å². The van der Waals surface area contributed by atoms with Gasteiger partial charge in [0.1, 0.15) is 0 Å². The molecule has 2 aliphatic heterocycles. The molecule has 2 aliphatic rings. The Balaban J connectivity index is 1.56. The van der Waals surface area contributed by atoms with Crippen molar-refractivity contribution in [3.05, 3.63) is 59.2 Å². The van der Waals surface area contributed by atoms with Gasteiger partial charge in [0, 0.05) is 31.7 Å². The van der Waals surface area contributed by atoms with Gasteiger partial charge in [-0.15, -0.1) is 0 Å². The fraction of sp³-hybridized carbons (Fsp3) is 0.462. The minimum Gasteiger partial charge on any atom is -0.339 e. The second-order valence-electron chi connectivity index (χ2n) is 9.42. The summed E-state index contributed by atoms with van der Waals surface area (Å²) in [5.74, 6) is 0.0682. The molecule has 7 nitrogen and oxygen atoms in total. The number of benzene rings is 2. The van der Waals surface area contributed by atoms with Crippen LogP contribution in [-0.4, -0.2) is 55.6 Å². The molecule has 0 unspecified atom stereocenters. The molecule has 0 aromatic heterocycles. The summed E-state index contributed by atoms with van der Waals surface area (Å²) in [6.45, 7) is 6.35. The lowest BCUT2D eigenvalue weighted by Gasteiger charge is -2.30. The number of hydrogen-bond acceptors (Lipinski definition) is 4. The van der Waals surface area contributed by atoms with E-state index < -0.39 is 15.9 Å². The fourth-order valence-corrected chi connectivity index (χ4v) is 6.39. The van der Waals surface area contributed by atoms with Gasteiger partial charge in [0.15, 0.2) is 0 Å². The lowest BCUT2D eigenvalue weighted by atomic mass is 9.98. The minimum absolute atomic E-state index is 0.0972. The zero-order chi connectivity index (χ0) is 24.3. The van der Waals surface area contributed by atoms with Crippen molar-refractivity contribution in [2.24, 2.45) is 5.92 Å². The second kappa shape index (κ2) is 10.3. The van der Waals surface area contributed by atoms with Crippen molar-refractivity contribution in [1.82, 2.24) is 9.21 Å². The van der Waals surface area contributed by atoms with Gasteiger partial charge in [0.2, 0.25) is 10.0 Å². The SMILES string of the molecule is Cc1ccc(C(=O)Nc2ccccc2C(=O)N2CCC(C)CC2)cc1S(=O)(=O)N1CCCCC1. The summed E-state index contributed by atoms with van der Waals surface area (Å²) in [4.78, 5) is 28.3. The third kappa shape index (κ3) is 5.18. The van der Waals surface area contributed by atoms with Crippen LogP contribution in [0.5, 0.6) is 0 Å². The molecule has 8 heteroatoms. The Morgan fingerprint density at radius 2 is 1.62 bits per heavy atom. The highest BCUT2D eigenvalue weighted by molar-refractivity contribution is 7.89. The van der Waals surface area contributed by atoms with Crippen molar-refractivity contribution < 1.29 is 18.0 Å². The van der Waals surface area contributed by atoms with E-state index in [1.165, 1.54) is 10.4 Å². The topological polar surface area (TPSA) is 86.8 Å². The molecule has 0 spiro atoms. The normalized spacial score (nSPS) is 18.0. The number of aryl methyl sites for hydroxylation is 1. The van der Waals surface area contributed by atoms with E-state index in [2.05, 4.69) is 12.2 Å². The van der Waals surface area contributed by atoms with Crippen LogP contribution in [-0.2, 0) is 10.0 Å². The third-order valence-corrected chi connectivity index (χ3v) is 8.90. The van der Waals surface area contributed by atoms with Gasteiger partial charge in [0.25, 0.3) is 11.8 Å². The molecule has 0 saturated carbocycles. The zero-order valence-corrected chi connectivity index (χ0v) is 20.7. The first-order chi connectivity index (χ1) is 16.3. The van der Waals surface area contributed by atoms with Crippen molar-refractivity contribution >= 4 is 27.5 Å². The summed E-state index contributed by atoms with van der Waals surface area (Å²) in [6, 6.07) is 11.7. The Hall–Kier alpha value is -2.71. The smallest absolute Gasteiger partial charge is 0.255 e.